The van der Waals surface area contributed by atoms with Crippen molar-refractivity contribution in [3.05, 3.63) is 101 Å². The average Bonchev–Trinajstić information content (AvgIpc) is 3.16. The van der Waals surface area contributed by atoms with Gasteiger partial charge in [0.05, 0.1) is 16.6 Å². The molecule has 0 atom stereocenters. The van der Waals surface area contributed by atoms with Gasteiger partial charge in [-0.2, -0.15) is 0 Å². The summed E-state index contributed by atoms with van der Waals surface area (Å²) in [6.45, 7) is 0.423. The number of rotatable bonds is 6. The number of carbonyl (C=O) groups excluding carboxylic acids is 2. The molecule has 3 aromatic carbocycles. The maximum Gasteiger partial charge on any atom is 0.252 e. The van der Waals surface area contributed by atoms with Gasteiger partial charge in [0.15, 0.2) is 5.78 Å². The van der Waals surface area contributed by atoms with Crippen molar-refractivity contribution in [2.24, 2.45) is 0 Å². The fraction of sp³-hybridized carbons (Fsp3) is 0.0870. The highest BCUT2D eigenvalue weighted by Crippen LogP contribution is 2.15. The first-order chi connectivity index (χ1) is 13.7. The van der Waals surface area contributed by atoms with Crippen molar-refractivity contribution in [3.8, 4) is 0 Å². The van der Waals surface area contributed by atoms with E-state index in [9.17, 15) is 9.59 Å². The van der Waals surface area contributed by atoms with E-state index in [1.807, 2.05) is 42.5 Å². The molecule has 0 bridgehead atoms. The van der Waals surface area contributed by atoms with Crippen molar-refractivity contribution in [2.75, 3.05) is 6.54 Å². The van der Waals surface area contributed by atoms with Crippen LogP contribution in [0.3, 0.4) is 0 Å². The van der Waals surface area contributed by atoms with Crippen LogP contribution in [0.25, 0.3) is 11.0 Å². The lowest BCUT2D eigenvalue weighted by Gasteiger charge is -2.09. The summed E-state index contributed by atoms with van der Waals surface area (Å²) in [6.07, 6.45) is 0.579. The molecule has 0 unspecified atom stereocenters. The van der Waals surface area contributed by atoms with E-state index in [1.54, 1.807) is 36.4 Å². The molecule has 5 nitrogen and oxygen atoms in total. The summed E-state index contributed by atoms with van der Waals surface area (Å²) in [5.74, 6) is 0.384. The van der Waals surface area contributed by atoms with Crippen molar-refractivity contribution in [3.63, 3.8) is 0 Å². The predicted octanol–water partition coefficient (Wildman–Crippen LogP) is 3.77. The zero-order chi connectivity index (χ0) is 19.3. The van der Waals surface area contributed by atoms with Crippen molar-refractivity contribution in [1.82, 2.24) is 15.3 Å². The Bertz CT molecular complexity index is 1100. The number of nitrogens with zero attached hydrogens (tertiary/aromatic N) is 1. The summed E-state index contributed by atoms with van der Waals surface area (Å²) in [5.41, 5.74) is 3.21. The quantitative estimate of drug-likeness (QED) is 0.508. The first-order valence-electron chi connectivity index (χ1n) is 9.13. The number of amides is 1. The van der Waals surface area contributed by atoms with Crippen LogP contribution in [-0.4, -0.2) is 28.2 Å². The van der Waals surface area contributed by atoms with Crippen LogP contribution in [0.1, 0.15) is 32.1 Å². The highest BCUT2D eigenvalue weighted by molar-refractivity contribution is 6.15. The minimum Gasteiger partial charge on any atom is -0.352 e. The van der Waals surface area contributed by atoms with Crippen molar-refractivity contribution in [2.45, 2.75) is 6.42 Å². The molecule has 0 aliphatic rings. The van der Waals surface area contributed by atoms with E-state index < -0.39 is 0 Å². The molecule has 138 valence electrons. The number of hydrogen-bond acceptors (Lipinski definition) is 3. The molecule has 0 spiro atoms. The first kappa shape index (κ1) is 17.7. The van der Waals surface area contributed by atoms with Gasteiger partial charge in [-0.05, 0) is 18.2 Å². The summed E-state index contributed by atoms with van der Waals surface area (Å²) >= 11 is 0. The van der Waals surface area contributed by atoms with Gasteiger partial charge in [-0.25, -0.2) is 4.98 Å². The number of benzene rings is 3. The van der Waals surface area contributed by atoms with Crippen molar-refractivity contribution >= 4 is 22.7 Å². The van der Waals surface area contributed by atoms with Crippen LogP contribution in [0, 0.1) is 0 Å². The highest BCUT2D eigenvalue weighted by Gasteiger charge is 2.17. The summed E-state index contributed by atoms with van der Waals surface area (Å²) in [6, 6.07) is 23.7. The Morgan fingerprint density at radius 1 is 0.821 bits per heavy atom. The predicted molar refractivity (Wildman–Crippen MR) is 108 cm³/mol. The third kappa shape index (κ3) is 3.69. The molecule has 2 N–H and O–H groups in total. The van der Waals surface area contributed by atoms with Gasteiger partial charge in [-0.15, -0.1) is 0 Å². The Balaban J connectivity index is 1.45. The van der Waals surface area contributed by atoms with E-state index >= 15 is 0 Å². The second-order valence-corrected chi connectivity index (χ2v) is 6.45. The number of H-pyrrole nitrogens is 1. The Hall–Kier alpha value is -3.73. The van der Waals surface area contributed by atoms with E-state index in [0.29, 0.717) is 29.7 Å². The monoisotopic (exact) mass is 369 g/mol. The Kier molecular flexibility index (Phi) is 4.97. The molecule has 1 amide bonds. The maximum atomic E-state index is 12.8. The minimum absolute atomic E-state index is 0.163. The minimum atomic E-state index is -0.268. The van der Waals surface area contributed by atoms with Gasteiger partial charge >= 0.3 is 0 Å². The lowest BCUT2D eigenvalue weighted by atomic mass is 9.98. The van der Waals surface area contributed by atoms with Gasteiger partial charge < -0.3 is 10.3 Å². The number of imidazole rings is 1. The fourth-order valence-electron chi connectivity index (χ4n) is 3.14. The number of aromatic nitrogens is 2. The fourth-order valence-corrected chi connectivity index (χ4v) is 3.14. The summed E-state index contributed by atoms with van der Waals surface area (Å²) in [7, 11) is 0. The molecule has 28 heavy (non-hydrogen) atoms. The van der Waals surface area contributed by atoms with Crippen LogP contribution in [-0.2, 0) is 6.42 Å². The number of para-hydroxylation sites is 2. The van der Waals surface area contributed by atoms with E-state index in [0.717, 1.165) is 16.9 Å². The number of carbonyl (C=O) groups is 2. The normalized spacial score (nSPS) is 10.7. The molecular formula is C23H19N3O2. The molecule has 0 fully saturated rings. The lowest BCUT2D eigenvalue weighted by Crippen LogP contribution is -2.27. The Labute approximate surface area is 162 Å². The first-order valence-corrected chi connectivity index (χ1v) is 9.13. The Morgan fingerprint density at radius 2 is 1.50 bits per heavy atom. The molecular weight excluding hydrogens is 350 g/mol. The summed E-state index contributed by atoms with van der Waals surface area (Å²) < 4.78 is 0. The summed E-state index contributed by atoms with van der Waals surface area (Å²) in [4.78, 5) is 33.2. The van der Waals surface area contributed by atoms with Crippen LogP contribution < -0.4 is 5.32 Å². The molecule has 0 aliphatic carbocycles. The van der Waals surface area contributed by atoms with Gasteiger partial charge in [-0.3, -0.25) is 9.59 Å². The van der Waals surface area contributed by atoms with E-state index in [-0.39, 0.29) is 11.7 Å². The number of ketones is 1. The number of nitrogens with one attached hydrogen (secondary N) is 2. The summed E-state index contributed by atoms with van der Waals surface area (Å²) in [5, 5.41) is 2.89. The molecule has 4 rings (SSSR count). The largest absolute Gasteiger partial charge is 0.352 e. The van der Waals surface area contributed by atoms with Crippen molar-refractivity contribution in [1.29, 1.82) is 0 Å². The van der Waals surface area contributed by atoms with Crippen LogP contribution in [0.15, 0.2) is 78.9 Å². The van der Waals surface area contributed by atoms with E-state index in [1.165, 1.54) is 0 Å². The molecule has 0 radical (unpaired) electrons. The molecule has 1 heterocycles. The van der Waals surface area contributed by atoms with Crippen LogP contribution in [0.5, 0.6) is 0 Å². The van der Waals surface area contributed by atoms with Crippen LogP contribution >= 0.6 is 0 Å². The van der Waals surface area contributed by atoms with Gasteiger partial charge in [0.25, 0.3) is 5.91 Å². The lowest BCUT2D eigenvalue weighted by molar-refractivity contribution is 0.0942. The standard InChI is InChI=1S/C23H19N3O2/c27-22(16-8-2-1-3-9-16)17-10-4-5-11-18(17)23(28)24-15-14-21-25-19-12-6-7-13-20(19)26-21/h1-13H,14-15H2,(H,24,28)(H,25,26). The molecule has 4 aromatic rings. The average molecular weight is 369 g/mol. The Morgan fingerprint density at radius 3 is 2.29 bits per heavy atom. The highest BCUT2D eigenvalue weighted by atomic mass is 16.2. The molecule has 0 saturated heterocycles. The maximum absolute atomic E-state index is 12.8. The smallest absolute Gasteiger partial charge is 0.252 e. The zero-order valence-corrected chi connectivity index (χ0v) is 15.2. The second-order valence-electron chi connectivity index (χ2n) is 6.45. The topological polar surface area (TPSA) is 74.8 Å². The number of hydrogen-bond donors (Lipinski definition) is 2. The van der Waals surface area contributed by atoms with Gasteiger partial charge in [0, 0.05) is 24.1 Å². The van der Waals surface area contributed by atoms with Crippen LogP contribution in [0.4, 0.5) is 0 Å². The third-order valence-corrected chi connectivity index (χ3v) is 4.54. The number of fused-ring (bicyclic) bond motifs is 1. The van der Waals surface area contributed by atoms with E-state index in [4.69, 9.17) is 0 Å². The van der Waals surface area contributed by atoms with Crippen LogP contribution in [0.2, 0.25) is 0 Å². The second kappa shape index (κ2) is 7.88. The SMILES string of the molecule is O=C(NCCc1nc2ccccc2[nH]1)c1ccccc1C(=O)c1ccccc1. The molecule has 0 saturated carbocycles. The van der Waals surface area contributed by atoms with Gasteiger partial charge in [0.1, 0.15) is 5.82 Å². The van der Waals surface area contributed by atoms with Crippen molar-refractivity contribution < 1.29 is 9.59 Å². The third-order valence-electron chi connectivity index (χ3n) is 4.54. The van der Waals surface area contributed by atoms with E-state index in [2.05, 4.69) is 15.3 Å². The van der Waals surface area contributed by atoms with Gasteiger partial charge in [-0.1, -0.05) is 60.7 Å². The molecule has 1 aromatic heterocycles. The number of aromatic amines is 1. The van der Waals surface area contributed by atoms with Gasteiger partial charge in [0.2, 0.25) is 0 Å². The zero-order valence-electron chi connectivity index (χ0n) is 15.2. The molecule has 0 aliphatic heterocycles. The molecule has 5 heteroatoms.